The van der Waals surface area contributed by atoms with Gasteiger partial charge in [0.2, 0.25) is 5.91 Å². The van der Waals surface area contributed by atoms with Crippen LogP contribution >= 0.6 is 0 Å². The monoisotopic (exact) mass is 340 g/mol. The molecular formula is C19H24N4O2. The van der Waals surface area contributed by atoms with Gasteiger partial charge in [0.15, 0.2) is 5.82 Å². The summed E-state index contributed by atoms with van der Waals surface area (Å²) in [4.78, 5) is 22.3. The van der Waals surface area contributed by atoms with Gasteiger partial charge in [-0.3, -0.25) is 9.69 Å². The predicted molar refractivity (Wildman–Crippen MR) is 94.7 cm³/mol. The van der Waals surface area contributed by atoms with Gasteiger partial charge in [0.25, 0.3) is 0 Å². The molecule has 0 bridgehead atoms. The molecule has 1 aliphatic rings. The Hall–Kier alpha value is -2.31. The number of aryl methyl sites for hydroxylation is 1. The fraction of sp³-hybridized carbons (Fsp3) is 0.421. The van der Waals surface area contributed by atoms with Gasteiger partial charge >= 0.3 is 0 Å². The van der Waals surface area contributed by atoms with Crippen LogP contribution in [-0.2, 0) is 22.6 Å². The first-order valence-corrected chi connectivity index (χ1v) is 8.56. The fourth-order valence-corrected chi connectivity index (χ4v) is 2.84. The second kappa shape index (κ2) is 8.18. The first-order chi connectivity index (χ1) is 12.1. The van der Waals surface area contributed by atoms with Crippen LogP contribution in [0.3, 0.4) is 0 Å². The van der Waals surface area contributed by atoms with Crippen molar-refractivity contribution in [2.24, 2.45) is 0 Å². The molecule has 1 atom stereocenters. The zero-order chi connectivity index (χ0) is 17.6. The van der Waals surface area contributed by atoms with E-state index in [4.69, 9.17) is 4.74 Å². The lowest BCUT2D eigenvalue weighted by Crippen LogP contribution is -2.38. The minimum absolute atomic E-state index is 0.0710. The topological polar surface area (TPSA) is 67.4 Å². The van der Waals surface area contributed by atoms with Crippen LogP contribution in [0.4, 0.5) is 0 Å². The molecule has 1 unspecified atom stereocenters. The minimum atomic E-state index is -0.142. The van der Waals surface area contributed by atoms with E-state index in [1.54, 1.807) is 6.20 Å². The van der Waals surface area contributed by atoms with E-state index in [0.717, 1.165) is 25.3 Å². The second-order valence-corrected chi connectivity index (χ2v) is 6.40. The van der Waals surface area contributed by atoms with Crippen LogP contribution in [0.5, 0.6) is 0 Å². The van der Waals surface area contributed by atoms with Crippen molar-refractivity contribution in [1.29, 1.82) is 0 Å². The minimum Gasteiger partial charge on any atom is -0.368 e. The number of nitrogens with zero attached hydrogens (tertiary/aromatic N) is 3. The first-order valence-electron chi connectivity index (χ1n) is 8.56. The van der Waals surface area contributed by atoms with Gasteiger partial charge in [-0.2, -0.15) is 0 Å². The van der Waals surface area contributed by atoms with Gasteiger partial charge in [-0.15, -0.1) is 0 Å². The number of amides is 1. The Bertz CT molecular complexity index is 718. The standard InChI is InChI=1S/C19H24N4O2/c1-14-3-5-16(6-4-14)12-23-9-10-25-18(13-23)19-20-8-7-17(22-19)11-21-15(2)24/h3-8,18H,9-13H2,1-2H3,(H,21,24). The molecule has 1 saturated heterocycles. The third-order valence-corrected chi connectivity index (χ3v) is 4.22. The Labute approximate surface area is 148 Å². The maximum Gasteiger partial charge on any atom is 0.217 e. The van der Waals surface area contributed by atoms with Crippen molar-refractivity contribution in [3.8, 4) is 0 Å². The third kappa shape index (κ3) is 5.08. The van der Waals surface area contributed by atoms with Gasteiger partial charge in [-0.25, -0.2) is 9.97 Å². The molecule has 1 amide bonds. The molecule has 0 saturated carbocycles. The number of ether oxygens (including phenoxy) is 1. The molecular weight excluding hydrogens is 316 g/mol. The highest BCUT2D eigenvalue weighted by Crippen LogP contribution is 2.20. The molecule has 6 heteroatoms. The van der Waals surface area contributed by atoms with Gasteiger partial charge in [-0.05, 0) is 18.6 Å². The molecule has 25 heavy (non-hydrogen) atoms. The van der Waals surface area contributed by atoms with E-state index in [1.807, 2.05) is 6.07 Å². The van der Waals surface area contributed by atoms with Gasteiger partial charge < -0.3 is 10.1 Å². The zero-order valence-electron chi connectivity index (χ0n) is 14.7. The normalized spacial score (nSPS) is 18.1. The number of benzene rings is 1. The molecule has 1 aromatic heterocycles. The highest BCUT2D eigenvalue weighted by Gasteiger charge is 2.24. The van der Waals surface area contributed by atoms with E-state index in [1.165, 1.54) is 18.1 Å². The molecule has 1 aliphatic heterocycles. The lowest BCUT2D eigenvalue weighted by Gasteiger charge is -2.32. The first kappa shape index (κ1) is 17.5. The molecule has 2 heterocycles. The summed E-state index contributed by atoms with van der Waals surface area (Å²) in [5, 5.41) is 2.76. The Balaban J connectivity index is 1.63. The van der Waals surface area contributed by atoms with Crippen molar-refractivity contribution in [3.63, 3.8) is 0 Å². The van der Waals surface area contributed by atoms with Crippen molar-refractivity contribution in [3.05, 3.63) is 59.2 Å². The summed E-state index contributed by atoms with van der Waals surface area (Å²) in [5.74, 6) is 0.606. The largest absolute Gasteiger partial charge is 0.368 e. The lowest BCUT2D eigenvalue weighted by atomic mass is 10.1. The number of rotatable bonds is 5. The van der Waals surface area contributed by atoms with Gasteiger partial charge in [0, 0.05) is 32.8 Å². The number of morpholine rings is 1. The third-order valence-electron chi connectivity index (χ3n) is 4.22. The summed E-state index contributed by atoms with van der Waals surface area (Å²) in [6, 6.07) is 10.4. The smallest absolute Gasteiger partial charge is 0.217 e. The van der Waals surface area contributed by atoms with Crippen molar-refractivity contribution in [2.75, 3.05) is 19.7 Å². The Morgan fingerprint density at radius 3 is 2.88 bits per heavy atom. The average molecular weight is 340 g/mol. The molecule has 0 radical (unpaired) electrons. The van der Waals surface area contributed by atoms with Gasteiger partial charge in [0.05, 0.1) is 18.8 Å². The van der Waals surface area contributed by atoms with E-state index in [2.05, 4.69) is 51.4 Å². The van der Waals surface area contributed by atoms with Crippen LogP contribution < -0.4 is 5.32 Å². The van der Waals surface area contributed by atoms with Gasteiger partial charge in [-0.1, -0.05) is 29.8 Å². The number of aromatic nitrogens is 2. The van der Waals surface area contributed by atoms with Gasteiger partial charge in [0.1, 0.15) is 6.10 Å². The average Bonchev–Trinajstić information content (AvgIpc) is 2.62. The molecule has 0 spiro atoms. The van der Waals surface area contributed by atoms with E-state index in [0.29, 0.717) is 19.0 Å². The Morgan fingerprint density at radius 2 is 2.12 bits per heavy atom. The van der Waals surface area contributed by atoms with E-state index >= 15 is 0 Å². The zero-order valence-corrected chi connectivity index (χ0v) is 14.7. The fourth-order valence-electron chi connectivity index (χ4n) is 2.84. The number of carbonyl (C=O) groups excluding carboxylic acids is 1. The van der Waals surface area contributed by atoms with E-state index in [-0.39, 0.29) is 12.0 Å². The molecule has 0 aliphatic carbocycles. The quantitative estimate of drug-likeness (QED) is 0.902. The van der Waals surface area contributed by atoms with Crippen LogP contribution in [0.1, 0.15) is 35.7 Å². The van der Waals surface area contributed by atoms with E-state index < -0.39 is 0 Å². The van der Waals surface area contributed by atoms with Crippen LogP contribution in [0.15, 0.2) is 36.5 Å². The number of nitrogens with one attached hydrogen (secondary N) is 1. The highest BCUT2D eigenvalue weighted by atomic mass is 16.5. The summed E-state index contributed by atoms with van der Waals surface area (Å²) in [6.45, 7) is 7.22. The Kier molecular flexibility index (Phi) is 5.73. The second-order valence-electron chi connectivity index (χ2n) is 6.40. The summed E-state index contributed by atoms with van der Waals surface area (Å²) in [7, 11) is 0. The summed E-state index contributed by atoms with van der Waals surface area (Å²) >= 11 is 0. The molecule has 1 N–H and O–H groups in total. The molecule has 132 valence electrons. The number of hydrogen-bond acceptors (Lipinski definition) is 5. The summed E-state index contributed by atoms with van der Waals surface area (Å²) in [5.41, 5.74) is 3.36. The van der Waals surface area contributed by atoms with E-state index in [9.17, 15) is 4.79 Å². The molecule has 1 fully saturated rings. The van der Waals surface area contributed by atoms with Crippen LogP contribution in [0.25, 0.3) is 0 Å². The SMILES string of the molecule is CC(=O)NCc1ccnc(C2CN(Cc3ccc(C)cc3)CCO2)n1. The Morgan fingerprint density at radius 1 is 1.32 bits per heavy atom. The molecule has 2 aromatic rings. The van der Waals surface area contributed by atoms with Crippen molar-refractivity contribution >= 4 is 5.91 Å². The highest BCUT2D eigenvalue weighted by molar-refractivity contribution is 5.72. The van der Waals surface area contributed by atoms with Crippen LogP contribution in [0, 0.1) is 6.92 Å². The number of carbonyl (C=O) groups is 1. The van der Waals surface area contributed by atoms with Crippen LogP contribution in [0.2, 0.25) is 0 Å². The maximum atomic E-state index is 11.1. The lowest BCUT2D eigenvalue weighted by molar-refractivity contribution is -0.119. The molecule has 1 aromatic carbocycles. The predicted octanol–water partition coefficient (Wildman–Crippen LogP) is 1.99. The van der Waals surface area contributed by atoms with Crippen molar-refractivity contribution in [1.82, 2.24) is 20.2 Å². The van der Waals surface area contributed by atoms with Crippen LogP contribution in [-0.4, -0.2) is 40.5 Å². The molecule has 6 nitrogen and oxygen atoms in total. The summed E-state index contributed by atoms with van der Waals surface area (Å²) < 4.78 is 5.88. The molecule has 3 rings (SSSR count). The summed E-state index contributed by atoms with van der Waals surface area (Å²) in [6.07, 6.45) is 1.58. The van der Waals surface area contributed by atoms with Crippen molar-refractivity contribution < 1.29 is 9.53 Å². The number of hydrogen-bond donors (Lipinski definition) is 1. The van der Waals surface area contributed by atoms with Crippen molar-refractivity contribution in [2.45, 2.75) is 33.0 Å². The maximum absolute atomic E-state index is 11.1.